The van der Waals surface area contributed by atoms with Gasteiger partial charge < -0.3 is 0 Å². The minimum atomic E-state index is -4.66. The topological polar surface area (TPSA) is 57.9 Å². The molecule has 2 aromatic carbocycles. The van der Waals surface area contributed by atoms with Crippen LogP contribution in [-0.4, -0.2) is 8.42 Å². The molecular weight excluding hydrogens is 277 g/mol. The standard InChI is InChI=1S/C15H10FNO2S/c16-20(18,19)15-8-6-12(7-9-15)4-5-13-2-1-3-14(10-13)11-17/h1-10H/b5-4+. The molecule has 0 saturated carbocycles. The molecule has 0 saturated heterocycles. The zero-order valence-corrected chi connectivity index (χ0v) is 11.1. The summed E-state index contributed by atoms with van der Waals surface area (Å²) in [6.07, 6.45) is 3.55. The van der Waals surface area contributed by atoms with E-state index in [0.29, 0.717) is 5.56 Å². The molecule has 0 atom stereocenters. The maximum absolute atomic E-state index is 12.7. The van der Waals surface area contributed by atoms with Crippen molar-refractivity contribution in [3.63, 3.8) is 0 Å². The molecule has 0 fully saturated rings. The van der Waals surface area contributed by atoms with Crippen LogP contribution in [0.3, 0.4) is 0 Å². The van der Waals surface area contributed by atoms with E-state index in [4.69, 9.17) is 5.26 Å². The fourth-order valence-electron chi connectivity index (χ4n) is 1.65. The average molecular weight is 287 g/mol. The van der Waals surface area contributed by atoms with Gasteiger partial charge in [-0.1, -0.05) is 36.4 Å². The fourth-order valence-corrected chi connectivity index (χ4v) is 2.11. The second kappa shape index (κ2) is 5.68. The number of hydrogen-bond acceptors (Lipinski definition) is 3. The van der Waals surface area contributed by atoms with Gasteiger partial charge in [-0.25, -0.2) is 0 Å². The monoisotopic (exact) mass is 287 g/mol. The van der Waals surface area contributed by atoms with Gasteiger partial charge in [0.1, 0.15) is 0 Å². The van der Waals surface area contributed by atoms with E-state index in [2.05, 4.69) is 0 Å². The highest BCUT2D eigenvalue weighted by Gasteiger charge is 2.10. The number of halogens is 1. The molecule has 0 heterocycles. The van der Waals surface area contributed by atoms with E-state index in [9.17, 15) is 12.3 Å². The van der Waals surface area contributed by atoms with E-state index in [1.165, 1.54) is 24.3 Å². The van der Waals surface area contributed by atoms with Crippen LogP contribution >= 0.6 is 0 Å². The zero-order chi connectivity index (χ0) is 14.6. The van der Waals surface area contributed by atoms with Crippen LogP contribution in [0, 0.1) is 11.3 Å². The van der Waals surface area contributed by atoms with Crippen molar-refractivity contribution in [1.82, 2.24) is 0 Å². The highest BCUT2D eigenvalue weighted by molar-refractivity contribution is 7.86. The number of nitrogens with zero attached hydrogens (tertiary/aromatic N) is 1. The Morgan fingerprint density at radius 3 is 2.25 bits per heavy atom. The summed E-state index contributed by atoms with van der Waals surface area (Å²) in [4.78, 5) is -0.360. The molecule has 0 aromatic heterocycles. The van der Waals surface area contributed by atoms with Crippen molar-refractivity contribution in [3.05, 3.63) is 65.2 Å². The molecular formula is C15H10FNO2S. The van der Waals surface area contributed by atoms with Crippen LogP contribution in [-0.2, 0) is 10.2 Å². The predicted molar refractivity (Wildman–Crippen MR) is 74.8 cm³/mol. The van der Waals surface area contributed by atoms with Crippen molar-refractivity contribution in [1.29, 1.82) is 5.26 Å². The molecule has 0 N–H and O–H groups in total. The third-order valence-electron chi connectivity index (χ3n) is 2.65. The zero-order valence-electron chi connectivity index (χ0n) is 10.3. The summed E-state index contributed by atoms with van der Waals surface area (Å²) in [5.74, 6) is 0. The Bertz CT molecular complexity index is 787. The Balaban J connectivity index is 2.22. The van der Waals surface area contributed by atoms with Crippen LogP contribution in [0.25, 0.3) is 12.2 Å². The van der Waals surface area contributed by atoms with Crippen LogP contribution in [0.5, 0.6) is 0 Å². The highest BCUT2D eigenvalue weighted by atomic mass is 32.3. The van der Waals surface area contributed by atoms with Crippen molar-refractivity contribution in [2.24, 2.45) is 0 Å². The smallest absolute Gasteiger partial charge is 0.192 e. The molecule has 100 valence electrons. The van der Waals surface area contributed by atoms with Gasteiger partial charge in [0.25, 0.3) is 0 Å². The maximum atomic E-state index is 12.7. The van der Waals surface area contributed by atoms with Gasteiger partial charge in [-0.15, -0.1) is 3.89 Å². The molecule has 0 aliphatic carbocycles. The SMILES string of the molecule is N#Cc1cccc(/C=C/c2ccc(S(=O)(=O)F)cc2)c1. The van der Waals surface area contributed by atoms with Gasteiger partial charge in [-0.3, -0.25) is 0 Å². The number of rotatable bonds is 3. The van der Waals surface area contributed by atoms with Crippen LogP contribution in [0.2, 0.25) is 0 Å². The predicted octanol–water partition coefficient (Wildman–Crippen LogP) is 3.39. The van der Waals surface area contributed by atoms with Gasteiger partial charge in [0, 0.05) is 0 Å². The van der Waals surface area contributed by atoms with Gasteiger partial charge in [-0.2, -0.15) is 13.7 Å². The second-order valence-electron chi connectivity index (χ2n) is 4.08. The largest absolute Gasteiger partial charge is 0.332 e. The van der Waals surface area contributed by atoms with Crippen LogP contribution in [0.4, 0.5) is 3.89 Å². The molecule has 0 bridgehead atoms. The maximum Gasteiger partial charge on any atom is 0.332 e. The lowest BCUT2D eigenvalue weighted by Crippen LogP contribution is -1.90. The summed E-state index contributed by atoms with van der Waals surface area (Å²) < 4.78 is 34.1. The highest BCUT2D eigenvalue weighted by Crippen LogP contribution is 2.15. The summed E-state index contributed by atoms with van der Waals surface area (Å²) in [5, 5.41) is 8.79. The third-order valence-corrected chi connectivity index (χ3v) is 3.48. The first-order valence-corrected chi connectivity index (χ1v) is 7.10. The Hall–Kier alpha value is -2.45. The van der Waals surface area contributed by atoms with Gasteiger partial charge in [0.15, 0.2) is 0 Å². The van der Waals surface area contributed by atoms with Crippen molar-refractivity contribution < 1.29 is 12.3 Å². The molecule has 20 heavy (non-hydrogen) atoms. The average Bonchev–Trinajstić information content (AvgIpc) is 2.45. The summed E-state index contributed by atoms with van der Waals surface area (Å²) in [6, 6.07) is 14.5. The van der Waals surface area contributed by atoms with Gasteiger partial charge in [0.2, 0.25) is 0 Å². The quantitative estimate of drug-likeness (QED) is 0.642. The molecule has 3 nitrogen and oxygen atoms in total. The molecule has 2 rings (SSSR count). The minimum Gasteiger partial charge on any atom is -0.192 e. The van der Waals surface area contributed by atoms with Crippen molar-refractivity contribution >= 4 is 22.4 Å². The lowest BCUT2D eigenvalue weighted by Gasteiger charge is -1.97. The van der Waals surface area contributed by atoms with Crippen molar-refractivity contribution in [3.8, 4) is 6.07 Å². The third kappa shape index (κ3) is 3.53. The van der Waals surface area contributed by atoms with E-state index in [1.807, 2.05) is 12.1 Å². The van der Waals surface area contributed by atoms with Gasteiger partial charge >= 0.3 is 10.2 Å². The molecule has 2 aromatic rings. The summed E-state index contributed by atoms with van der Waals surface area (Å²) >= 11 is 0. The first kappa shape index (κ1) is 14.0. The van der Waals surface area contributed by atoms with Crippen LogP contribution in [0.15, 0.2) is 53.4 Å². The van der Waals surface area contributed by atoms with Crippen molar-refractivity contribution in [2.45, 2.75) is 4.90 Å². The van der Waals surface area contributed by atoms with E-state index in [1.54, 1.807) is 30.4 Å². The lowest BCUT2D eigenvalue weighted by atomic mass is 10.1. The minimum absolute atomic E-state index is 0.360. The lowest BCUT2D eigenvalue weighted by molar-refractivity contribution is 0.552. The Kier molecular flexibility index (Phi) is 3.97. The first-order chi connectivity index (χ1) is 9.49. The Labute approximate surface area is 116 Å². The molecule has 0 aliphatic heterocycles. The Morgan fingerprint density at radius 2 is 1.65 bits per heavy atom. The molecule has 5 heteroatoms. The van der Waals surface area contributed by atoms with E-state index < -0.39 is 10.2 Å². The van der Waals surface area contributed by atoms with Crippen LogP contribution in [0.1, 0.15) is 16.7 Å². The van der Waals surface area contributed by atoms with Gasteiger partial charge in [-0.05, 0) is 35.4 Å². The van der Waals surface area contributed by atoms with Gasteiger partial charge in [0.05, 0.1) is 16.5 Å². The normalized spacial score (nSPS) is 11.4. The summed E-state index contributed by atoms with van der Waals surface area (Å²) in [6.45, 7) is 0. The molecule has 0 amide bonds. The van der Waals surface area contributed by atoms with E-state index >= 15 is 0 Å². The number of hydrogen-bond donors (Lipinski definition) is 0. The molecule has 0 aliphatic rings. The van der Waals surface area contributed by atoms with Crippen LogP contribution < -0.4 is 0 Å². The molecule has 0 unspecified atom stereocenters. The summed E-state index contributed by atoms with van der Waals surface area (Å²) in [7, 11) is -4.66. The second-order valence-corrected chi connectivity index (χ2v) is 5.42. The fraction of sp³-hybridized carbons (Fsp3) is 0. The number of benzene rings is 2. The van der Waals surface area contributed by atoms with E-state index in [-0.39, 0.29) is 4.90 Å². The Morgan fingerprint density at radius 1 is 1.00 bits per heavy atom. The first-order valence-electron chi connectivity index (χ1n) is 5.72. The van der Waals surface area contributed by atoms with E-state index in [0.717, 1.165) is 11.1 Å². The van der Waals surface area contributed by atoms with Crippen molar-refractivity contribution in [2.75, 3.05) is 0 Å². The molecule has 0 radical (unpaired) electrons. The summed E-state index contributed by atoms with van der Waals surface area (Å²) in [5.41, 5.74) is 2.15. The number of nitriles is 1. The molecule has 0 spiro atoms.